The van der Waals surface area contributed by atoms with Crippen LogP contribution in [0.2, 0.25) is 0 Å². The van der Waals surface area contributed by atoms with Gasteiger partial charge in [0.2, 0.25) is 0 Å². The van der Waals surface area contributed by atoms with E-state index >= 15 is 0 Å². The summed E-state index contributed by atoms with van der Waals surface area (Å²) in [6.07, 6.45) is 5.27. The van der Waals surface area contributed by atoms with Crippen molar-refractivity contribution >= 4 is 0 Å². The van der Waals surface area contributed by atoms with Crippen molar-refractivity contribution in [1.29, 1.82) is 0 Å². The first-order valence-corrected chi connectivity index (χ1v) is 18.4. The first-order valence-electron chi connectivity index (χ1n) is 18.4. The molecular weight excluding hydrogens is 585 g/mol. The number of nitrogens with one attached hydrogen (secondary N) is 2. The lowest BCUT2D eigenvalue weighted by molar-refractivity contribution is 0.101. The Kier molecular flexibility index (Phi) is 12.7. The molecule has 4 aromatic carbocycles. The van der Waals surface area contributed by atoms with Gasteiger partial charge in [0.05, 0.1) is 12.1 Å². The van der Waals surface area contributed by atoms with E-state index in [1.165, 1.54) is 74.1 Å². The molecule has 0 bridgehead atoms. The molecular formula is C44H60N4. The van der Waals surface area contributed by atoms with Gasteiger partial charge in [-0.3, -0.25) is 9.80 Å². The van der Waals surface area contributed by atoms with E-state index in [-0.39, 0.29) is 11.1 Å². The minimum absolute atomic E-state index is 0.0842. The Balaban J connectivity index is 0.000000188. The largest absolute Gasteiger partial charge is 0.302 e. The minimum Gasteiger partial charge on any atom is -0.302 e. The Bertz CT molecular complexity index is 1340. The van der Waals surface area contributed by atoms with E-state index in [4.69, 9.17) is 0 Å². The molecule has 6 rings (SSSR count). The van der Waals surface area contributed by atoms with Crippen LogP contribution in [-0.4, -0.2) is 47.1 Å². The topological polar surface area (TPSA) is 30.5 Å². The molecule has 2 N–H and O–H groups in total. The highest BCUT2D eigenvalue weighted by molar-refractivity contribution is 5.27. The van der Waals surface area contributed by atoms with Crippen molar-refractivity contribution in [3.8, 4) is 0 Å². The van der Waals surface area contributed by atoms with Crippen molar-refractivity contribution in [2.45, 2.75) is 102 Å². The summed E-state index contributed by atoms with van der Waals surface area (Å²) in [5.41, 5.74) is 5.60. The summed E-state index contributed by atoms with van der Waals surface area (Å²) in [4.78, 5) is 5.30. The molecule has 0 unspecified atom stereocenters. The molecule has 0 spiro atoms. The number of rotatable bonds is 12. The Morgan fingerprint density at radius 1 is 0.417 bits per heavy atom. The maximum Gasteiger partial charge on any atom is 0.0506 e. The molecule has 4 nitrogen and oxygen atoms in total. The fraction of sp³-hybridized carbons (Fsp3) is 0.455. The van der Waals surface area contributed by atoms with E-state index in [1.54, 1.807) is 0 Å². The standard InChI is InChI=1S/2C22H30N2/c2*1-18(19-12-6-4-7-13-19)23-21(20-14-8-5-9-15-20)22(2,3)24-16-10-11-17-24/h2*4-9,12-15,18,21,23H,10-11,16-17H2,1-3H3/t18-,21+;18-,21-/m01/s1. The molecule has 0 aliphatic carbocycles. The number of likely N-dealkylation sites (tertiary alicyclic amines) is 2. The second-order valence-corrected chi connectivity index (χ2v) is 15.0. The Hall–Kier alpha value is -3.28. The van der Waals surface area contributed by atoms with Crippen LogP contribution in [0.4, 0.5) is 0 Å². The van der Waals surface area contributed by atoms with Crippen LogP contribution in [0.1, 0.15) is 114 Å². The van der Waals surface area contributed by atoms with E-state index in [0.717, 1.165) is 0 Å². The molecule has 48 heavy (non-hydrogen) atoms. The van der Waals surface area contributed by atoms with Gasteiger partial charge in [0.1, 0.15) is 0 Å². The molecule has 0 amide bonds. The number of benzene rings is 4. The molecule has 4 heteroatoms. The second-order valence-electron chi connectivity index (χ2n) is 15.0. The van der Waals surface area contributed by atoms with Crippen molar-refractivity contribution < 1.29 is 0 Å². The van der Waals surface area contributed by atoms with Gasteiger partial charge in [-0.05, 0) is 116 Å². The van der Waals surface area contributed by atoms with Crippen LogP contribution >= 0.6 is 0 Å². The Morgan fingerprint density at radius 3 is 0.938 bits per heavy atom. The van der Waals surface area contributed by atoms with Crippen molar-refractivity contribution in [2.75, 3.05) is 26.2 Å². The van der Waals surface area contributed by atoms with E-state index in [0.29, 0.717) is 24.2 Å². The normalized spacial score (nSPS) is 18.5. The molecule has 2 fully saturated rings. The van der Waals surface area contributed by atoms with Crippen molar-refractivity contribution in [1.82, 2.24) is 20.4 Å². The third-order valence-electron chi connectivity index (χ3n) is 11.0. The van der Waals surface area contributed by atoms with E-state index in [9.17, 15) is 0 Å². The lowest BCUT2D eigenvalue weighted by Crippen LogP contribution is -2.52. The first-order chi connectivity index (χ1) is 23.2. The fourth-order valence-corrected chi connectivity index (χ4v) is 7.83. The van der Waals surface area contributed by atoms with E-state index in [1.807, 2.05) is 0 Å². The molecule has 0 saturated carbocycles. The third kappa shape index (κ3) is 9.03. The summed E-state index contributed by atoms with van der Waals surface area (Å²) in [5.74, 6) is 0. The maximum atomic E-state index is 3.93. The second kappa shape index (κ2) is 16.9. The number of nitrogens with zero attached hydrogens (tertiary/aromatic N) is 2. The fourth-order valence-electron chi connectivity index (χ4n) is 7.83. The number of hydrogen-bond acceptors (Lipinski definition) is 4. The predicted molar refractivity (Wildman–Crippen MR) is 204 cm³/mol. The SMILES string of the molecule is C[C@@H](N[C@H](c1ccccc1)C(C)(C)N1CCCC1)c1ccccc1.C[C@H](N[C@H](c1ccccc1)C(C)(C)N1CCCC1)c1ccccc1. The van der Waals surface area contributed by atoms with Gasteiger partial charge in [-0.15, -0.1) is 0 Å². The zero-order valence-electron chi connectivity index (χ0n) is 30.4. The van der Waals surface area contributed by atoms with Crippen LogP contribution in [-0.2, 0) is 0 Å². The van der Waals surface area contributed by atoms with Gasteiger partial charge in [0, 0.05) is 23.2 Å². The van der Waals surface area contributed by atoms with Gasteiger partial charge in [-0.2, -0.15) is 0 Å². The van der Waals surface area contributed by atoms with Crippen LogP contribution in [0.25, 0.3) is 0 Å². The lowest BCUT2D eigenvalue weighted by atomic mass is 9.86. The molecule has 0 aromatic heterocycles. The van der Waals surface area contributed by atoms with Gasteiger partial charge in [0.25, 0.3) is 0 Å². The maximum absolute atomic E-state index is 3.93. The molecule has 2 saturated heterocycles. The van der Waals surface area contributed by atoms with E-state index < -0.39 is 0 Å². The van der Waals surface area contributed by atoms with Gasteiger partial charge in [-0.1, -0.05) is 121 Å². The van der Waals surface area contributed by atoms with Crippen LogP contribution < -0.4 is 10.6 Å². The summed E-state index contributed by atoms with van der Waals surface area (Å²) < 4.78 is 0. The van der Waals surface area contributed by atoms with Crippen LogP contribution in [0.3, 0.4) is 0 Å². The minimum atomic E-state index is 0.0842. The molecule has 2 aliphatic rings. The van der Waals surface area contributed by atoms with Gasteiger partial charge < -0.3 is 10.6 Å². The summed E-state index contributed by atoms with van der Waals surface area (Å²) >= 11 is 0. The molecule has 2 heterocycles. The quantitative estimate of drug-likeness (QED) is 0.161. The summed E-state index contributed by atoms with van der Waals surface area (Å²) in [6, 6.07) is 44.6. The Labute approximate surface area is 292 Å². The zero-order chi connectivity index (χ0) is 34.0. The Morgan fingerprint density at radius 2 is 0.667 bits per heavy atom. The van der Waals surface area contributed by atoms with E-state index in [2.05, 4.69) is 183 Å². The average Bonchev–Trinajstić information content (AvgIpc) is 3.88. The average molecular weight is 645 g/mol. The smallest absolute Gasteiger partial charge is 0.0506 e. The lowest BCUT2D eigenvalue weighted by Gasteiger charge is -2.44. The first kappa shape index (κ1) is 36.0. The molecule has 256 valence electrons. The third-order valence-corrected chi connectivity index (χ3v) is 11.0. The van der Waals surface area contributed by atoms with Gasteiger partial charge >= 0.3 is 0 Å². The summed E-state index contributed by atoms with van der Waals surface area (Å²) in [6.45, 7) is 18.9. The van der Waals surface area contributed by atoms with Crippen LogP contribution in [0.15, 0.2) is 121 Å². The van der Waals surface area contributed by atoms with Crippen LogP contribution in [0, 0.1) is 0 Å². The van der Waals surface area contributed by atoms with Gasteiger partial charge in [-0.25, -0.2) is 0 Å². The van der Waals surface area contributed by atoms with Crippen molar-refractivity contribution in [3.05, 3.63) is 144 Å². The summed E-state index contributed by atoms with van der Waals surface area (Å²) in [7, 11) is 0. The van der Waals surface area contributed by atoms with Gasteiger partial charge in [0.15, 0.2) is 0 Å². The zero-order valence-corrected chi connectivity index (χ0v) is 30.4. The molecule has 4 aromatic rings. The summed E-state index contributed by atoms with van der Waals surface area (Å²) in [5, 5.41) is 7.85. The van der Waals surface area contributed by atoms with Crippen LogP contribution in [0.5, 0.6) is 0 Å². The molecule has 2 aliphatic heterocycles. The molecule has 0 radical (unpaired) electrons. The molecule has 4 atom stereocenters. The highest BCUT2D eigenvalue weighted by atomic mass is 15.2. The number of hydrogen-bond donors (Lipinski definition) is 2. The monoisotopic (exact) mass is 644 g/mol. The van der Waals surface area contributed by atoms with Crippen molar-refractivity contribution in [3.63, 3.8) is 0 Å². The predicted octanol–water partition coefficient (Wildman–Crippen LogP) is 9.91. The van der Waals surface area contributed by atoms with Crippen molar-refractivity contribution in [2.24, 2.45) is 0 Å². The highest BCUT2D eigenvalue weighted by Crippen LogP contribution is 2.37. The highest BCUT2D eigenvalue weighted by Gasteiger charge is 2.39.